The average Bonchev–Trinajstić information content (AvgIpc) is 2.76. The minimum atomic E-state index is 0. The van der Waals surface area contributed by atoms with Gasteiger partial charge in [0.2, 0.25) is 0 Å². The molecular weight excluding hydrogens is 505 g/mol. The van der Waals surface area contributed by atoms with Gasteiger partial charge in [0.05, 0.1) is 5.69 Å². The summed E-state index contributed by atoms with van der Waals surface area (Å²) in [6.45, 7) is 9.99. The Morgan fingerprint density at radius 1 is 1.19 bits per heavy atom. The summed E-state index contributed by atoms with van der Waals surface area (Å²) in [6.07, 6.45) is 5.95. The number of aliphatic imine (C=N–C) groups is 1. The predicted octanol–water partition coefficient (Wildman–Crippen LogP) is 3.24. The van der Waals surface area contributed by atoms with Crippen molar-refractivity contribution in [3.8, 4) is 5.75 Å². The van der Waals surface area contributed by atoms with E-state index >= 15 is 0 Å². The van der Waals surface area contributed by atoms with Crippen LogP contribution in [-0.4, -0.2) is 68.7 Å². The van der Waals surface area contributed by atoms with Crippen LogP contribution in [0.25, 0.3) is 0 Å². The highest BCUT2D eigenvalue weighted by molar-refractivity contribution is 14.0. The van der Waals surface area contributed by atoms with Crippen molar-refractivity contribution in [2.75, 3.05) is 50.8 Å². The van der Waals surface area contributed by atoms with E-state index in [-0.39, 0.29) is 36.5 Å². The number of benzene rings is 1. The van der Waals surface area contributed by atoms with E-state index in [9.17, 15) is 4.79 Å². The number of carbonyl (C=O) groups excluding carboxylic acids is 1. The molecule has 1 aromatic carbocycles. The third kappa shape index (κ3) is 7.82. The van der Waals surface area contributed by atoms with E-state index in [1.54, 1.807) is 0 Å². The molecule has 1 saturated heterocycles. The summed E-state index contributed by atoms with van der Waals surface area (Å²) in [7, 11) is 0. The number of hydrogen-bond donors (Lipinski definition) is 2. The van der Waals surface area contributed by atoms with Gasteiger partial charge in [-0.3, -0.25) is 9.79 Å². The highest BCUT2D eigenvalue weighted by atomic mass is 127. The van der Waals surface area contributed by atoms with E-state index in [0.29, 0.717) is 19.1 Å². The molecule has 0 saturated carbocycles. The van der Waals surface area contributed by atoms with Gasteiger partial charge in [0.1, 0.15) is 5.75 Å². The number of nitrogens with one attached hydrogen (secondary N) is 2. The van der Waals surface area contributed by atoms with Crippen LogP contribution in [0.5, 0.6) is 5.75 Å². The Bertz CT molecular complexity index is 715. The molecule has 0 aliphatic carbocycles. The quantitative estimate of drug-likeness (QED) is 0.217. The fourth-order valence-corrected chi connectivity index (χ4v) is 4.14. The van der Waals surface area contributed by atoms with Gasteiger partial charge in [0.25, 0.3) is 5.91 Å². The number of piperidine rings is 1. The van der Waals surface area contributed by atoms with Crippen LogP contribution < -0.4 is 20.3 Å². The number of guanidine groups is 1. The van der Waals surface area contributed by atoms with Crippen LogP contribution in [-0.2, 0) is 4.79 Å². The van der Waals surface area contributed by atoms with Gasteiger partial charge < -0.3 is 25.2 Å². The first-order valence-corrected chi connectivity index (χ1v) is 11.5. The van der Waals surface area contributed by atoms with Crippen molar-refractivity contribution in [3.05, 3.63) is 24.3 Å². The molecule has 0 radical (unpaired) electrons. The van der Waals surface area contributed by atoms with Gasteiger partial charge in [-0.25, -0.2) is 0 Å². The molecule has 2 aliphatic rings. The lowest BCUT2D eigenvalue weighted by atomic mass is 10.0. The molecule has 2 aliphatic heterocycles. The maximum Gasteiger partial charge on any atom is 0.265 e. The second kappa shape index (κ2) is 13.8. The fraction of sp³-hybridized carbons (Fsp3) is 0.652. The minimum Gasteiger partial charge on any atom is -0.482 e. The molecule has 31 heavy (non-hydrogen) atoms. The van der Waals surface area contributed by atoms with E-state index in [2.05, 4.69) is 34.4 Å². The number of hydrogen-bond acceptors (Lipinski definition) is 4. The lowest BCUT2D eigenvalue weighted by molar-refractivity contribution is -0.121. The average molecular weight is 543 g/mol. The number of ether oxygens (including phenoxy) is 1. The van der Waals surface area contributed by atoms with Gasteiger partial charge in [-0.05, 0) is 58.2 Å². The fourth-order valence-electron chi connectivity index (χ4n) is 4.14. The molecule has 174 valence electrons. The van der Waals surface area contributed by atoms with E-state index in [0.717, 1.165) is 49.9 Å². The molecule has 1 unspecified atom stereocenters. The normalized spacial score (nSPS) is 19.3. The molecule has 7 nitrogen and oxygen atoms in total. The third-order valence-electron chi connectivity index (χ3n) is 5.82. The van der Waals surface area contributed by atoms with Crippen molar-refractivity contribution in [3.63, 3.8) is 0 Å². The van der Waals surface area contributed by atoms with Crippen LogP contribution in [0.4, 0.5) is 5.69 Å². The number of anilines is 1. The number of para-hydroxylation sites is 2. The maximum atomic E-state index is 12.3. The summed E-state index contributed by atoms with van der Waals surface area (Å²) in [5.41, 5.74) is 0.856. The van der Waals surface area contributed by atoms with Crippen molar-refractivity contribution in [2.45, 2.75) is 52.0 Å². The molecule has 2 heterocycles. The number of likely N-dealkylation sites (tertiary alicyclic amines) is 1. The van der Waals surface area contributed by atoms with Crippen molar-refractivity contribution in [1.82, 2.24) is 15.5 Å². The Labute approximate surface area is 204 Å². The maximum absolute atomic E-state index is 12.3. The summed E-state index contributed by atoms with van der Waals surface area (Å²) in [5.74, 6) is 1.64. The Balaban J connectivity index is 0.00000341. The Hall–Kier alpha value is -1.55. The molecule has 1 fully saturated rings. The third-order valence-corrected chi connectivity index (χ3v) is 5.82. The van der Waals surface area contributed by atoms with Gasteiger partial charge in [-0.15, -0.1) is 24.0 Å². The van der Waals surface area contributed by atoms with E-state index < -0.39 is 0 Å². The SMILES string of the molecule is CCNC(=NCCCN1C(=O)COc2ccccc21)NCCCN1CCCCC1C.I. The monoisotopic (exact) mass is 543 g/mol. The molecular formula is C23H38IN5O2. The summed E-state index contributed by atoms with van der Waals surface area (Å²) in [5, 5.41) is 6.77. The van der Waals surface area contributed by atoms with Gasteiger partial charge in [0.15, 0.2) is 12.6 Å². The molecule has 3 rings (SSSR count). The van der Waals surface area contributed by atoms with Crippen molar-refractivity contribution in [1.29, 1.82) is 0 Å². The lowest BCUT2D eigenvalue weighted by Gasteiger charge is -2.33. The predicted molar refractivity (Wildman–Crippen MR) is 138 cm³/mol. The summed E-state index contributed by atoms with van der Waals surface area (Å²) >= 11 is 0. The molecule has 1 amide bonds. The lowest BCUT2D eigenvalue weighted by Crippen LogP contribution is -2.41. The number of halogens is 1. The largest absolute Gasteiger partial charge is 0.482 e. The zero-order chi connectivity index (χ0) is 21.2. The van der Waals surface area contributed by atoms with E-state index in [1.807, 2.05) is 29.2 Å². The highest BCUT2D eigenvalue weighted by Gasteiger charge is 2.24. The number of nitrogens with zero attached hydrogens (tertiary/aromatic N) is 3. The number of rotatable bonds is 9. The number of fused-ring (bicyclic) bond motifs is 1. The zero-order valence-corrected chi connectivity index (χ0v) is 21.3. The highest BCUT2D eigenvalue weighted by Crippen LogP contribution is 2.31. The van der Waals surface area contributed by atoms with Gasteiger partial charge in [-0.1, -0.05) is 18.6 Å². The molecule has 0 aromatic heterocycles. The Kier molecular flexibility index (Phi) is 11.4. The Morgan fingerprint density at radius 3 is 2.84 bits per heavy atom. The second-order valence-electron chi connectivity index (χ2n) is 8.08. The minimum absolute atomic E-state index is 0. The smallest absolute Gasteiger partial charge is 0.265 e. The van der Waals surface area contributed by atoms with Crippen LogP contribution >= 0.6 is 24.0 Å². The van der Waals surface area contributed by atoms with Crippen LogP contribution in [0.15, 0.2) is 29.3 Å². The summed E-state index contributed by atoms with van der Waals surface area (Å²) in [4.78, 5) is 21.4. The van der Waals surface area contributed by atoms with E-state index in [4.69, 9.17) is 4.74 Å². The molecule has 8 heteroatoms. The zero-order valence-electron chi connectivity index (χ0n) is 18.9. The van der Waals surface area contributed by atoms with Crippen molar-refractivity contribution in [2.24, 2.45) is 4.99 Å². The molecule has 0 spiro atoms. The molecule has 0 bridgehead atoms. The molecule has 2 N–H and O–H groups in total. The van der Waals surface area contributed by atoms with E-state index in [1.165, 1.54) is 25.8 Å². The topological polar surface area (TPSA) is 69.2 Å². The van der Waals surface area contributed by atoms with Crippen LogP contribution in [0.2, 0.25) is 0 Å². The Morgan fingerprint density at radius 2 is 2.03 bits per heavy atom. The van der Waals surface area contributed by atoms with Gasteiger partial charge >= 0.3 is 0 Å². The summed E-state index contributed by atoms with van der Waals surface area (Å²) < 4.78 is 5.51. The molecule has 1 atom stereocenters. The molecule has 1 aromatic rings. The first kappa shape index (κ1) is 25.7. The second-order valence-corrected chi connectivity index (χ2v) is 8.08. The standard InChI is InChI=1S/C23H37N5O2.HI/c1-3-24-23(25-13-8-16-27-15-7-6-10-19(27)2)26-14-9-17-28-20-11-4-5-12-21(20)30-18-22(28)29;/h4-5,11-12,19H,3,6-10,13-18H2,1-2H3,(H2,24,25,26);1H. The first-order valence-electron chi connectivity index (χ1n) is 11.5. The van der Waals surface area contributed by atoms with Gasteiger partial charge in [0, 0.05) is 38.8 Å². The number of amides is 1. The van der Waals surface area contributed by atoms with Crippen LogP contribution in [0, 0.1) is 0 Å². The first-order chi connectivity index (χ1) is 14.7. The van der Waals surface area contributed by atoms with Crippen molar-refractivity contribution < 1.29 is 9.53 Å². The van der Waals surface area contributed by atoms with Gasteiger partial charge in [-0.2, -0.15) is 0 Å². The van der Waals surface area contributed by atoms with Crippen LogP contribution in [0.3, 0.4) is 0 Å². The van der Waals surface area contributed by atoms with Crippen LogP contribution in [0.1, 0.15) is 46.0 Å². The summed E-state index contributed by atoms with van der Waals surface area (Å²) in [6, 6.07) is 8.42. The van der Waals surface area contributed by atoms with Crippen molar-refractivity contribution >= 4 is 41.5 Å². The number of carbonyl (C=O) groups is 1.